The summed E-state index contributed by atoms with van der Waals surface area (Å²) in [6, 6.07) is 8.48. The van der Waals surface area contributed by atoms with E-state index in [0.29, 0.717) is 0 Å². The molecular weight excluding hydrogens is 178 g/mol. The largest absolute Gasteiger partial charge is 0.206 e. The maximum Gasteiger partial charge on any atom is 0.182 e. The first kappa shape index (κ1) is 8.57. The number of rotatable bonds is 1. The number of thioether (sulfide) groups is 1. The number of hydrogen-bond donors (Lipinski definition) is 0. The second-order valence-corrected chi connectivity index (χ2v) is 3.93. The summed E-state index contributed by atoms with van der Waals surface area (Å²) in [4.78, 5) is 1.33. The molecule has 1 aromatic heterocycles. The van der Waals surface area contributed by atoms with Crippen LogP contribution in [0, 0.1) is 0 Å². The standard InChI is InChI=1S/C11H12NS/c1-12-7-9-5-3-4-6-10(9)11(8-12)13-2/h3-8H,1-2H3/q+1. The number of hydrogen-bond acceptors (Lipinski definition) is 1. The summed E-state index contributed by atoms with van der Waals surface area (Å²) >= 11 is 1.79. The predicted molar refractivity (Wildman–Crippen MR) is 56.9 cm³/mol. The molecule has 0 saturated carbocycles. The van der Waals surface area contributed by atoms with Crippen LogP contribution in [0.5, 0.6) is 0 Å². The van der Waals surface area contributed by atoms with Gasteiger partial charge in [-0.1, -0.05) is 18.2 Å². The monoisotopic (exact) mass is 190 g/mol. The van der Waals surface area contributed by atoms with Gasteiger partial charge in [-0.15, -0.1) is 11.8 Å². The van der Waals surface area contributed by atoms with Crippen LogP contribution in [0.2, 0.25) is 0 Å². The third-order valence-electron chi connectivity index (χ3n) is 2.11. The van der Waals surface area contributed by atoms with Crippen molar-refractivity contribution in [2.75, 3.05) is 6.26 Å². The lowest BCUT2D eigenvalue weighted by molar-refractivity contribution is -0.671. The number of benzene rings is 1. The molecule has 0 amide bonds. The maximum absolute atomic E-state index is 2.17. The molecule has 0 unspecified atom stereocenters. The molecule has 0 aliphatic rings. The Balaban J connectivity index is 2.81. The Morgan fingerprint density at radius 3 is 2.69 bits per heavy atom. The summed E-state index contributed by atoms with van der Waals surface area (Å²) in [7, 11) is 2.06. The molecule has 0 N–H and O–H groups in total. The topological polar surface area (TPSA) is 3.88 Å². The van der Waals surface area contributed by atoms with E-state index in [4.69, 9.17) is 0 Å². The Labute approximate surface area is 82.4 Å². The van der Waals surface area contributed by atoms with Gasteiger partial charge < -0.3 is 0 Å². The minimum atomic E-state index is 1.30. The SMILES string of the molecule is CSc1c[n+](C)cc2ccccc12. The van der Waals surface area contributed by atoms with Crippen LogP contribution in [0.1, 0.15) is 0 Å². The number of fused-ring (bicyclic) bond motifs is 1. The quantitative estimate of drug-likeness (QED) is 0.493. The van der Waals surface area contributed by atoms with Crippen LogP contribution < -0.4 is 4.57 Å². The average Bonchev–Trinajstić information content (AvgIpc) is 2.16. The van der Waals surface area contributed by atoms with E-state index >= 15 is 0 Å². The van der Waals surface area contributed by atoms with Gasteiger partial charge in [-0.25, -0.2) is 4.57 Å². The highest BCUT2D eigenvalue weighted by atomic mass is 32.2. The summed E-state index contributed by atoms with van der Waals surface area (Å²) < 4.78 is 2.11. The fraction of sp³-hybridized carbons (Fsp3) is 0.182. The first-order valence-corrected chi connectivity index (χ1v) is 5.46. The highest BCUT2D eigenvalue weighted by Crippen LogP contribution is 2.23. The van der Waals surface area contributed by atoms with Gasteiger partial charge in [0, 0.05) is 10.8 Å². The molecule has 2 rings (SSSR count). The van der Waals surface area contributed by atoms with E-state index in [0.717, 1.165) is 0 Å². The van der Waals surface area contributed by atoms with E-state index < -0.39 is 0 Å². The Bertz CT molecular complexity index is 437. The summed E-state index contributed by atoms with van der Waals surface area (Å²) in [5.74, 6) is 0. The summed E-state index contributed by atoms with van der Waals surface area (Å²) in [5.41, 5.74) is 0. The fourth-order valence-corrected chi connectivity index (χ4v) is 2.19. The van der Waals surface area contributed by atoms with E-state index in [1.807, 2.05) is 0 Å². The van der Waals surface area contributed by atoms with Crippen LogP contribution in [0.3, 0.4) is 0 Å². The molecule has 0 atom stereocenters. The number of aryl methyl sites for hydroxylation is 1. The van der Waals surface area contributed by atoms with Crippen molar-refractivity contribution >= 4 is 22.5 Å². The van der Waals surface area contributed by atoms with Crippen molar-refractivity contribution in [1.82, 2.24) is 0 Å². The lowest BCUT2D eigenvalue weighted by Gasteiger charge is -2.00. The van der Waals surface area contributed by atoms with Gasteiger partial charge in [0.05, 0.1) is 4.90 Å². The number of aromatic nitrogens is 1. The van der Waals surface area contributed by atoms with Crippen molar-refractivity contribution in [3.8, 4) is 0 Å². The molecule has 0 aliphatic carbocycles. The van der Waals surface area contributed by atoms with Crippen molar-refractivity contribution in [2.45, 2.75) is 4.90 Å². The molecule has 1 nitrogen and oxygen atoms in total. The molecule has 66 valence electrons. The van der Waals surface area contributed by atoms with Gasteiger partial charge in [-0.3, -0.25) is 0 Å². The normalized spacial score (nSPS) is 10.6. The zero-order valence-corrected chi connectivity index (χ0v) is 8.64. The van der Waals surface area contributed by atoms with Crippen LogP contribution in [-0.4, -0.2) is 6.26 Å². The molecule has 13 heavy (non-hydrogen) atoms. The highest BCUT2D eigenvalue weighted by Gasteiger charge is 2.04. The lowest BCUT2D eigenvalue weighted by atomic mass is 10.2. The smallest absolute Gasteiger partial charge is 0.182 e. The van der Waals surface area contributed by atoms with Gasteiger partial charge in [0.2, 0.25) is 0 Å². The van der Waals surface area contributed by atoms with Crippen LogP contribution in [0.4, 0.5) is 0 Å². The van der Waals surface area contributed by atoms with Gasteiger partial charge in [-0.05, 0) is 12.3 Å². The van der Waals surface area contributed by atoms with Gasteiger partial charge in [-0.2, -0.15) is 0 Å². The first-order chi connectivity index (χ1) is 6.31. The fourth-order valence-electron chi connectivity index (χ4n) is 1.51. The van der Waals surface area contributed by atoms with Crippen LogP contribution in [-0.2, 0) is 7.05 Å². The molecular formula is C11H12NS+. The van der Waals surface area contributed by atoms with Gasteiger partial charge in [0.15, 0.2) is 12.4 Å². The molecule has 2 heteroatoms. The molecule has 0 bridgehead atoms. The summed E-state index contributed by atoms with van der Waals surface area (Å²) in [6.07, 6.45) is 6.42. The molecule has 0 aliphatic heterocycles. The molecule has 0 fully saturated rings. The van der Waals surface area contributed by atoms with Crippen LogP contribution in [0.15, 0.2) is 41.6 Å². The zero-order chi connectivity index (χ0) is 9.26. The second kappa shape index (κ2) is 3.38. The summed E-state index contributed by atoms with van der Waals surface area (Å²) in [5, 5.41) is 2.64. The minimum Gasteiger partial charge on any atom is -0.206 e. The molecule has 2 aromatic rings. The van der Waals surface area contributed by atoms with E-state index in [-0.39, 0.29) is 0 Å². The van der Waals surface area contributed by atoms with Crippen molar-refractivity contribution in [2.24, 2.45) is 7.05 Å². The van der Waals surface area contributed by atoms with E-state index in [9.17, 15) is 0 Å². The zero-order valence-electron chi connectivity index (χ0n) is 7.82. The molecule has 1 aromatic carbocycles. The molecule has 1 heterocycles. The average molecular weight is 190 g/mol. The van der Waals surface area contributed by atoms with Gasteiger partial charge in [0.25, 0.3) is 0 Å². The van der Waals surface area contributed by atoms with E-state index in [1.54, 1.807) is 11.8 Å². The number of pyridine rings is 1. The molecule has 0 saturated heterocycles. The summed E-state index contributed by atoms with van der Waals surface area (Å²) in [6.45, 7) is 0. The second-order valence-electron chi connectivity index (χ2n) is 3.08. The van der Waals surface area contributed by atoms with Crippen molar-refractivity contribution in [3.63, 3.8) is 0 Å². The predicted octanol–water partition coefficient (Wildman–Crippen LogP) is 2.39. The Kier molecular flexibility index (Phi) is 2.23. The molecule has 0 spiro atoms. The van der Waals surface area contributed by atoms with Crippen molar-refractivity contribution in [1.29, 1.82) is 0 Å². The minimum absolute atomic E-state index is 1.30. The molecule has 0 radical (unpaired) electrons. The third kappa shape index (κ3) is 1.54. The van der Waals surface area contributed by atoms with Crippen molar-refractivity contribution in [3.05, 3.63) is 36.7 Å². The third-order valence-corrected chi connectivity index (χ3v) is 2.87. The lowest BCUT2D eigenvalue weighted by Crippen LogP contribution is -2.26. The Hall–Kier alpha value is -1.02. The van der Waals surface area contributed by atoms with Crippen molar-refractivity contribution < 1.29 is 4.57 Å². The van der Waals surface area contributed by atoms with Crippen LogP contribution in [0.25, 0.3) is 10.8 Å². The van der Waals surface area contributed by atoms with E-state index in [2.05, 4.69) is 54.5 Å². The van der Waals surface area contributed by atoms with Gasteiger partial charge in [0.1, 0.15) is 7.05 Å². The Morgan fingerprint density at radius 2 is 1.92 bits per heavy atom. The first-order valence-electron chi connectivity index (χ1n) is 4.23. The Morgan fingerprint density at radius 1 is 1.15 bits per heavy atom. The number of nitrogens with zero attached hydrogens (tertiary/aromatic N) is 1. The highest BCUT2D eigenvalue weighted by molar-refractivity contribution is 7.98. The van der Waals surface area contributed by atoms with Crippen LogP contribution >= 0.6 is 11.8 Å². The van der Waals surface area contributed by atoms with Gasteiger partial charge >= 0.3 is 0 Å². The maximum atomic E-state index is 2.17. The van der Waals surface area contributed by atoms with E-state index in [1.165, 1.54) is 15.7 Å².